The predicted octanol–water partition coefficient (Wildman–Crippen LogP) is 1.17. The van der Waals surface area contributed by atoms with Crippen molar-refractivity contribution in [3.63, 3.8) is 0 Å². The molecule has 0 aliphatic carbocycles. The van der Waals surface area contributed by atoms with Gasteiger partial charge in [-0.25, -0.2) is 4.98 Å². The number of ether oxygens (including phenoxy) is 1. The second-order valence-corrected chi connectivity index (χ2v) is 4.57. The molecule has 0 atom stereocenters. The highest BCUT2D eigenvalue weighted by Gasteiger charge is 1.99. The molecule has 0 amide bonds. The molecule has 1 rings (SSSR count). The van der Waals surface area contributed by atoms with Gasteiger partial charge in [-0.15, -0.1) is 11.3 Å². The van der Waals surface area contributed by atoms with Gasteiger partial charge in [0.25, 0.3) is 0 Å². The summed E-state index contributed by atoms with van der Waals surface area (Å²) in [5.74, 6) is 0. The summed E-state index contributed by atoms with van der Waals surface area (Å²) >= 11 is 1.72. The van der Waals surface area contributed by atoms with E-state index in [0.717, 1.165) is 44.9 Å². The molecule has 0 bridgehead atoms. The van der Waals surface area contributed by atoms with Crippen molar-refractivity contribution in [2.45, 2.75) is 19.9 Å². The van der Waals surface area contributed by atoms with Crippen LogP contribution in [0.25, 0.3) is 0 Å². The molecule has 0 fully saturated rings. The summed E-state index contributed by atoms with van der Waals surface area (Å²) in [6.45, 7) is 6.79. The maximum Gasteiger partial charge on any atom is 0.0798 e. The summed E-state index contributed by atoms with van der Waals surface area (Å²) < 4.78 is 4.95. The van der Waals surface area contributed by atoms with Crippen molar-refractivity contribution >= 4 is 11.3 Å². The van der Waals surface area contributed by atoms with Gasteiger partial charge in [0.1, 0.15) is 0 Å². The Morgan fingerprint density at radius 1 is 1.31 bits per heavy atom. The third-order valence-electron chi connectivity index (χ3n) is 2.32. The highest BCUT2D eigenvalue weighted by Crippen LogP contribution is 2.10. The Balaban J connectivity index is 1.91. The lowest BCUT2D eigenvalue weighted by Gasteiger charge is -2.05. The van der Waals surface area contributed by atoms with E-state index < -0.39 is 0 Å². The van der Waals surface area contributed by atoms with Gasteiger partial charge in [0.15, 0.2) is 0 Å². The smallest absolute Gasteiger partial charge is 0.0798 e. The molecule has 1 aromatic heterocycles. The first-order chi connectivity index (χ1) is 7.84. The SMILES string of the molecule is COCCNCCCNCc1scnc1C. The van der Waals surface area contributed by atoms with Crippen LogP contribution in [0.3, 0.4) is 0 Å². The van der Waals surface area contributed by atoms with Crippen LogP contribution in [0.1, 0.15) is 17.0 Å². The van der Waals surface area contributed by atoms with E-state index in [0.29, 0.717) is 0 Å². The van der Waals surface area contributed by atoms with E-state index in [1.165, 1.54) is 4.88 Å². The maximum atomic E-state index is 4.95. The van der Waals surface area contributed by atoms with Gasteiger partial charge in [-0.2, -0.15) is 0 Å². The van der Waals surface area contributed by atoms with Crippen LogP contribution in [0.4, 0.5) is 0 Å². The van der Waals surface area contributed by atoms with Crippen LogP contribution in [0.5, 0.6) is 0 Å². The van der Waals surface area contributed by atoms with E-state index in [4.69, 9.17) is 4.74 Å². The second-order valence-electron chi connectivity index (χ2n) is 3.63. The Labute approximate surface area is 101 Å². The summed E-state index contributed by atoms with van der Waals surface area (Å²) in [6.07, 6.45) is 1.14. The average molecular weight is 243 g/mol. The van der Waals surface area contributed by atoms with Crippen molar-refractivity contribution in [3.8, 4) is 0 Å². The topological polar surface area (TPSA) is 46.2 Å². The van der Waals surface area contributed by atoms with Gasteiger partial charge in [-0.1, -0.05) is 0 Å². The zero-order chi connectivity index (χ0) is 11.6. The first-order valence-corrected chi connectivity index (χ1v) is 6.52. The summed E-state index contributed by atoms with van der Waals surface area (Å²) in [5, 5.41) is 6.74. The summed E-state index contributed by atoms with van der Waals surface area (Å²) in [5.41, 5.74) is 3.05. The molecule has 5 heteroatoms. The van der Waals surface area contributed by atoms with Crippen molar-refractivity contribution in [3.05, 3.63) is 16.1 Å². The number of nitrogens with one attached hydrogen (secondary N) is 2. The Bertz CT molecular complexity index is 278. The standard InChI is InChI=1S/C11H21N3OS/c1-10-11(16-9-14-10)8-13-5-3-4-12-6-7-15-2/h9,12-13H,3-8H2,1-2H3. The summed E-state index contributed by atoms with van der Waals surface area (Å²) in [6, 6.07) is 0. The molecule has 0 aromatic carbocycles. The summed E-state index contributed by atoms with van der Waals surface area (Å²) in [4.78, 5) is 5.56. The summed E-state index contributed by atoms with van der Waals surface area (Å²) in [7, 11) is 1.72. The molecule has 2 N–H and O–H groups in total. The van der Waals surface area contributed by atoms with Gasteiger partial charge < -0.3 is 15.4 Å². The number of aromatic nitrogens is 1. The molecule has 0 aliphatic rings. The van der Waals surface area contributed by atoms with Gasteiger partial charge in [0.2, 0.25) is 0 Å². The number of aryl methyl sites for hydroxylation is 1. The number of thiazole rings is 1. The van der Waals surface area contributed by atoms with E-state index in [1.807, 2.05) is 5.51 Å². The number of nitrogens with zero attached hydrogens (tertiary/aromatic N) is 1. The lowest BCUT2D eigenvalue weighted by atomic mass is 10.3. The lowest BCUT2D eigenvalue weighted by Crippen LogP contribution is -2.24. The molecule has 0 spiro atoms. The molecular weight excluding hydrogens is 222 g/mol. The first-order valence-electron chi connectivity index (χ1n) is 5.64. The number of methoxy groups -OCH3 is 1. The fourth-order valence-electron chi connectivity index (χ4n) is 1.34. The third kappa shape index (κ3) is 5.55. The minimum absolute atomic E-state index is 0.785. The van der Waals surface area contributed by atoms with E-state index in [-0.39, 0.29) is 0 Å². The average Bonchev–Trinajstić information content (AvgIpc) is 2.68. The van der Waals surface area contributed by atoms with Gasteiger partial charge in [0.05, 0.1) is 17.8 Å². The van der Waals surface area contributed by atoms with Gasteiger partial charge in [-0.3, -0.25) is 0 Å². The van der Waals surface area contributed by atoms with Gasteiger partial charge >= 0.3 is 0 Å². The molecule has 1 heterocycles. The monoisotopic (exact) mass is 243 g/mol. The minimum Gasteiger partial charge on any atom is -0.383 e. The first kappa shape index (κ1) is 13.6. The van der Waals surface area contributed by atoms with Crippen LogP contribution in [0, 0.1) is 6.92 Å². The number of rotatable bonds is 9. The molecule has 0 saturated heterocycles. The zero-order valence-corrected chi connectivity index (χ0v) is 10.9. The minimum atomic E-state index is 0.785. The van der Waals surface area contributed by atoms with Crippen molar-refractivity contribution in [1.82, 2.24) is 15.6 Å². The van der Waals surface area contributed by atoms with Gasteiger partial charge in [-0.05, 0) is 26.4 Å². The molecule has 16 heavy (non-hydrogen) atoms. The van der Waals surface area contributed by atoms with Gasteiger partial charge in [0, 0.05) is 25.1 Å². The predicted molar refractivity (Wildman–Crippen MR) is 67.9 cm³/mol. The Kier molecular flexibility index (Phi) is 7.33. The second kappa shape index (κ2) is 8.64. The van der Waals surface area contributed by atoms with E-state index >= 15 is 0 Å². The quantitative estimate of drug-likeness (QED) is 0.639. The molecule has 0 aliphatic heterocycles. The van der Waals surface area contributed by atoms with Crippen LogP contribution in [0.15, 0.2) is 5.51 Å². The maximum absolute atomic E-state index is 4.95. The van der Waals surface area contributed by atoms with Crippen LogP contribution in [-0.2, 0) is 11.3 Å². The molecule has 1 aromatic rings. The highest BCUT2D eigenvalue weighted by atomic mass is 32.1. The van der Waals surface area contributed by atoms with E-state index in [9.17, 15) is 0 Å². The molecule has 0 saturated carbocycles. The van der Waals surface area contributed by atoms with E-state index in [2.05, 4.69) is 22.5 Å². The van der Waals surface area contributed by atoms with Crippen LogP contribution >= 0.6 is 11.3 Å². The normalized spacial score (nSPS) is 10.9. The molecule has 0 unspecified atom stereocenters. The Morgan fingerprint density at radius 2 is 2.12 bits per heavy atom. The van der Waals surface area contributed by atoms with Crippen LogP contribution < -0.4 is 10.6 Å². The van der Waals surface area contributed by atoms with Crippen molar-refractivity contribution < 1.29 is 4.74 Å². The number of hydrogen-bond donors (Lipinski definition) is 2. The van der Waals surface area contributed by atoms with Crippen LogP contribution in [-0.4, -0.2) is 38.3 Å². The van der Waals surface area contributed by atoms with E-state index in [1.54, 1.807) is 18.4 Å². The largest absolute Gasteiger partial charge is 0.383 e. The fourth-order valence-corrected chi connectivity index (χ4v) is 2.08. The highest BCUT2D eigenvalue weighted by molar-refractivity contribution is 7.09. The lowest BCUT2D eigenvalue weighted by molar-refractivity contribution is 0.199. The third-order valence-corrected chi connectivity index (χ3v) is 3.26. The van der Waals surface area contributed by atoms with Crippen molar-refractivity contribution in [2.75, 3.05) is 33.4 Å². The van der Waals surface area contributed by atoms with Crippen molar-refractivity contribution in [2.24, 2.45) is 0 Å². The zero-order valence-electron chi connectivity index (χ0n) is 10.1. The molecular formula is C11H21N3OS. The molecule has 92 valence electrons. The van der Waals surface area contributed by atoms with Crippen LogP contribution in [0.2, 0.25) is 0 Å². The molecule has 4 nitrogen and oxygen atoms in total. The Hall–Kier alpha value is -0.490. The fraction of sp³-hybridized carbons (Fsp3) is 0.727. The number of hydrogen-bond acceptors (Lipinski definition) is 5. The molecule has 0 radical (unpaired) electrons. The Morgan fingerprint density at radius 3 is 2.81 bits per heavy atom. The van der Waals surface area contributed by atoms with Crippen molar-refractivity contribution in [1.29, 1.82) is 0 Å².